The lowest BCUT2D eigenvalue weighted by molar-refractivity contribution is -0.150. The molecule has 1 aliphatic heterocycles. The maximum atomic E-state index is 11.2. The molecule has 2 fully saturated rings. The highest BCUT2D eigenvalue weighted by atomic mass is 16.5. The molecule has 1 saturated carbocycles. The van der Waals surface area contributed by atoms with Crippen LogP contribution in [0.1, 0.15) is 19.3 Å². The summed E-state index contributed by atoms with van der Waals surface area (Å²) < 4.78 is 10.1. The van der Waals surface area contributed by atoms with Crippen LogP contribution < -0.4 is 5.32 Å². The van der Waals surface area contributed by atoms with E-state index in [1.807, 2.05) is 0 Å². The van der Waals surface area contributed by atoms with Gasteiger partial charge >= 0.3 is 5.97 Å². The van der Waals surface area contributed by atoms with Crippen LogP contribution in [0.5, 0.6) is 0 Å². The average Bonchev–Trinajstić information content (AvgIpc) is 2.14. The molecule has 2 rings (SSSR count). The van der Waals surface area contributed by atoms with Crippen LogP contribution in [0.25, 0.3) is 0 Å². The van der Waals surface area contributed by atoms with Gasteiger partial charge in [0.2, 0.25) is 0 Å². The largest absolute Gasteiger partial charge is 0.468 e. The third-order valence-corrected chi connectivity index (χ3v) is 2.94. The Morgan fingerprint density at radius 3 is 2.92 bits per heavy atom. The molecule has 2 aliphatic rings. The van der Waals surface area contributed by atoms with E-state index in [0.717, 1.165) is 19.4 Å². The molecule has 13 heavy (non-hydrogen) atoms. The summed E-state index contributed by atoms with van der Waals surface area (Å²) in [6.45, 7) is 1.18. The smallest absolute Gasteiger partial charge is 0.325 e. The van der Waals surface area contributed by atoms with Crippen molar-refractivity contribution in [2.24, 2.45) is 0 Å². The van der Waals surface area contributed by atoms with Crippen molar-refractivity contribution in [3.63, 3.8) is 0 Å². The highest BCUT2D eigenvalue weighted by Crippen LogP contribution is 2.34. The second-order valence-electron chi connectivity index (χ2n) is 3.87. The molecule has 1 aliphatic carbocycles. The van der Waals surface area contributed by atoms with E-state index in [9.17, 15) is 4.79 Å². The molecular weight excluding hydrogens is 170 g/mol. The number of hydrogen-bond acceptors (Lipinski definition) is 4. The van der Waals surface area contributed by atoms with Gasteiger partial charge in [0, 0.05) is 5.54 Å². The zero-order chi connectivity index (χ0) is 9.31. The van der Waals surface area contributed by atoms with Gasteiger partial charge in [-0.1, -0.05) is 0 Å². The summed E-state index contributed by atoms with van der Waals surface area (Å²) in [5.41, 5.74) is 0.0805. The van der Waals surface area contributed by atoms with Crippen molar-refractivity contribution in [3.05, 3.63) is 0 Å². The third-order valence-electron chi connectivity index (χ3n) is 2.94. The van der Waals surface area contributed by atoms with Gasteiger partial charge in [0.1, 0.15) is 6.04 Å². The normalized spacial score (nSPS) is 31.0. The maximum Gasteiger partial charge on any atom is 0.325 e. The second-order valence-corrected chi connectivity index (χ2v) is 3.87. The Kier molecular flexibility index (Phi) is 2.26. The quantitative estimate of drug-likeness (QED) is 0.587. The second kappa shape index (κ2) is 3.27. The van der Waals surface area contributed by atoms with Crippen LogP contribution in [0.4, 0.5) is 0 Å². The first-order valence-electron chi connectivity index (χ1n) is 4.69. The molecule has 4 heteroatoms. The van der Waals surface area contributed by atoms with Gasteiger partial charge < -0.3 is 9.47 Å². The molecule has 0 aromatic rings. The van der Waals surface area contributed by atoms with E-state index in [0.29, 0.717) is 6.61 Å². The summed E-state index contributed by atoms with van der Waals surface area (Å²) in [5.74, 6) is -0.217. The van der Waals surface area contributed by atoms with Crippen molar-refractivity contribution in [3.8, 4) is 0 Å². The Morgan fingerprint density at radius 1 is 1.62 bits per heavy atom. The fourth-order valence-electron chi connectivity index (χ4n) is 1.99. The minimum Gasteiger partial charge on any atom is -0.468 e. The summed E-state index contributed by atoms with van der Waals surface area (Å²) in [6, 6.07) is -0.265. The number of carbonyl (C=O) groups excluding carboxylic acids is 1. The number of ether oxygens (including phenoxy) is 2. The topological polar surface area (TPSA) is 47.6 Å². The van der Waals surface area contributed by atoms with Crippen molar-refractivity contribution in [1.29, 1.82) is 0 Å². The van der Waals surface area contributed by atoms with Crippen molar-refractivity contribution in [1.82, 2.24) is 5.32 Å². The zero-order valence-corrected chi connectivity index (χ0v) is 7.84. The van der Waals surface area contributed by atoms with E-state index < -0.39 is 0 Å². The van der Waals surface area contributed by atoms with Crippen LogP contribution in [0, 0.1) is 0 Å². The molecule has 1 saturated heterocycles. The van der Waals surface area contributed by atoms with Crippen molar-refractivity contribution in [2.45, 2.75) is 30.8 Å². The van der Waals surface area contributed by atoms with E-state index in [1.54, 1.807) is 0 Å². The molecular formula is C9H15NO3. The highest BCUT2D eigenvalue weighted by Gasteiger charge is 2.43. The van der Waals surface area contributed by atoms with Gasteiger partial charge in [-0.25, -0.2) is 0 Å². The molecule has 1 N–H and O–H groups in total. The predicted octanol–water partition coefficient (Wildman–Crippen LogP) is 0.0705. The molecule has 1 atom stereocenters. The Balaban J connectivity index is 1.95. The molecule has 1 spiro atoms. The number of hydrogen-bond donors (Lipinski definition) is 1. The van der Waals surface area contributed by atoms with E-state index >= 15 is 0 Å². The molecule has 4 nitrogen and oxygen atoms in total. The molecule has 0 aromatic heterocycles. The number of methoxy groups -OCH3 is 1. The first-order chi connectivity index (χ1) is 6.26. The monoisotopic (exact) mass is 185 g/mol. The standard InChI is InChI=1S/C9H15NO3/c1-12-8(11)7-5-13-6-9(10-7)3-2-4-9/h7,10H,2-6H2,1H3. The van der Waals surface area contributed by atoms with Crippen molar-refractivity contribution < 1.29 is 14.3 Å². The Bertz CT molecular complexity index is 213. The third kappa shape index (κ3) is 1.56. The minimum absolute atomic E-state index is 0.0805. The highest BCUT2D eigenvalue weighted by molar-refractivity contribution is 5.76. The molecule has 0 amide bonds. The SMILES string of the molecule is COC(=O)C1COCC2(CCC2)N1. The fourth-order valence-corrected chi connectivity index (χ4v) is 1.99. The Hall–Kier alpha value is -0.610. The van der Waals surface area contributed by atoms with Gasteiger partial charge in [-0.2, -0.15) is 0 Å². The van der Waals surface area contributed by atoms with Gasteiger partial charge in [0.05, 0.1) is 20.3 Å². The molecule has 74 valence electrons. The minimum atomic E-state index is -0.265. The predicted molar refractivity (Wildman–Crippen MR) is 46.3 cm³/mol. The fraction of sp³-hybridized carbons (Fsp3) is 0.889. The van der Waals surface area contributed by atoms with Crippen molar-refractivity contribution >= 4 is 5.97 Å². The van der Waals surface area contributed by atoms with E-state index in [2.05, 4.69) is 10.1 Å². The molecule has 1 heterocycles. The zero-order valence-electron chi connectivity index (χ0n) is 7.84. The lowest BCUT2D eigenvalue weighted by Gasteiger charge is -2.47. The van der Waals surface area contributed by atoms with Gasteiger partial charge in [0.15, 0.2) is 0 Å². The Morgan fingerprint density at radius 2 is 2.38 bits per heavy atom. The number of nitrogens with one attached hydrogen (secondary N) is 1. The van der Waals surface area contributed by atoms with E-state index in [4.69, 9.17) is 4.74 Å². The first-order valence-corrected chi connectivity index (χ1v) is 4.69. The van der Waals surface area contributed by atoms with Gasteiger partial charge in [-0.3, -0.25) is 10.1 Å². The van der Waals surface area contributed by atoms with Crippen LogP contribution >= 0.6 is 0 Å². The van der Waals surface area contributed by atoms with Crippen molar-refractivity contribution in [2.75, 3.05) is 20.3 Å². The maximum absolute atomic E-state index is 11.2. The van der Waals surface area contributed by atoms with E-state index in [-0.39, 0.29) is 17.6 Å². The average molecular weight is 185 g/mol. The summed E-state index contributed by atoms with van der Waals surface area (Å²) in [7, 11) is 1.41. The van der Waals surface area contributed by atoms with Crippen LogP contribution in [0.2, 0.25) is 0 Å². The molecule has 0 aromatic carbocycles. The summed E-state index contributed by atoms with van der Waals surface area (Å²) in [5, 5.41) is 3.32. The van der Waals surface area contributed by atoms with Crippen LogP contribution in [0.15, 0.2) is 0 Å². The summed E-state index contributed by atoms with van der Waals surface area (Å²) >= 11 is 0. The van der Waals surface area contributed by atoms with Gasteiger partial charge in [0.25, 0.3) is 0 Å². The van der Waals surface area contributed by atoms with Gasteiger partial charge in [-0.05, 0) is 19.3 Å². The molecule has 0 bridgehead atoms. The molecule has 1 unspecified atom stereocenters. The lowest BCUT2D eigenvalue weighted by Crippen LogP contribution is -2.64. The number of morpholine rings is 1. The van der Waals surface area contributed by atoms with Crippen LogP contribution in [-0.2, 0) is 14.3 Å². The summed E-state index contributed by atoms with van der Waals surface area (Å²) in [4.78, 5) is 11.2. The number of esters is 1. The van der Waals surface area contributed by atoms with Gasteiger partial charge in [-0.15, -0.1) is 0 Å². The van der Waals surface area contributed by atoms with Crippen LogP contribution in [0.3, 0.4) is 0 Å². The molecule has 0 radical (unpaired) electrons. The van der Waals surface area contributed by atoms with E-state index in [1.165, 1.54) is 13.5 Å². The lowest BCUT2D eigenvalue weighted by atomic mass is 9.76. The number of carbonyl (C=O) groups is 1. The first kappa shape index (κ1) is 8.97. The summed E-state index contributed by atoms with van der Waals surface area (Å²) in [6.07, 6.45) is 3.45. The van der Waals surface area contributed by atoms with Crippen LogP contribution in [-0.4, -0.2) is 37.9 Å². The Labute approximate surface area is 77.6 Å². The number of rotatable bonds is 1.